The van der Waals surface area contributed by atoms with Crippen LogP contribution >= 0.6 is 11.3 Å². The third kappa shape index (κ3) is 5.62. The topological polar surface area (TPSA) is 3.88 Å². The molecule has 0 N–H and O–H groups in total. The molecule has 0 saturated heterocycles. The SMILES string of the molecule is Cc1sc[n+](-c2c(C(C)C)cccc2C(C)C)c1C.F[B-](F)(F)F. The van der Waals surface area contributed by atoms with Gasteiger partial charge in [-0.05, 0) is 18.8 Å². The fraction of sp³-hybridized carbons (Fsp3) is 0.471. The highest BCUT2D eigenvalue weighted by Gasteiger charge is 2.25. The molecule has 0 bridgehead atoms. The molecule has 0 radical (unpaired) electrons. The van der Waals surface area contributed by atoms with Crippen molar-refractivity contribution in [1.82, 2.24) is 0 Å². The normalized spacial score (nSPS) is 11.7. The number of hydrogen-bond acceptors (Lipinski definition) is 1. The summed E-state index contributed by atoms with van der Waals surface area (Å²) in [5.74, 6) is 1.08. The number of nitrogens with zero attached hydrogens (tertiary/aromatic N) is 1. The van der Waals surface area contributed by atoms with Gasteiger partial charge in [-0.3, -0.25) is 0 Å². The van der Waals surface area contributed by atoms with Crippen LogP contribution in [-0.2, 0) is 0 Å². The van der Waals surface area contributed by atoms with E-state index in [0.717, 1.165) is 0 Å². The van der Waals surface area contributed by atoms with E-state index < -0.39 is 7.25 Å². The summed E-state index contributed by atoms with van der Waals surface area (Å²) in [5, 5.41) is 0. The Morgan fingerprint density at radius 2 is 1.33 bits per heavy atom. The van der Waals surface area contributed by atoms with Crippen molar-refractivity contribution in [1.29, 1.82) is 0 Å². The summed E-state index contributed by atoms with van der Waals surface area (Å²) in [7, 11) is -6.00. The van der Waals surface area contributed by atoms with Gasteiger partial charge in [0.15, 0.2) is 5.69 Å². The number of rotatable bonds is 3. The maximum absolute atomic E-state index is 9.75. The van der Waals surface area contributed by atoms with Crippen molar-refractivity contribution in [3.05, 3.63) is 45.4 Å². The molecule has 2 rings (SSSR count). The molecule has 2 aromatic rings. The van der Waals surface area contributed by atoms with Crippen LogP contribution in [0.5, 0.6) is 0 Å². The third-order valence-corrected chi connectivity index (χ3v) is 4.75. The van der Waals surface area contributed by atoms with E-state index in [0.29, 0.717) is 11.8 Å². The highest BCUT2D eigenvalue weighted by atomic mass is 32.1. The van der Waals surface area contributed by atoms with E-state index in [4.69, 9.17) is 0 Å². The van der Waals surface area contributed by atoms with E-state index in [1.54, 1.807) is 0 Å². The van der Waals surface area contributed by atoms with Gasteiger partial charge in [-0.2, -0.15) is 4.57 Å². The average molecular weight is 361 g/mol. The molecule has 0 aliphatic carbocycles. The number of aromatic nitrogens is 1. The van der Waals surface area contributed by atoms with Gasteiger partial charge in [0.2, 0.25) is 11.2 Å². The number of hydrogen-bond donors (Lipinski definition) is 0. The fourth-order valence-electron chi connectivity index (χ4n) is 2.48. The van der Waals surface area contributed by atoms with Crippen molar-refractivity contribution in [2.24, 2.45) is 0 Å². The van der Waals surface area contributed by atoms with Gasteiger partial charge >= 0.3 is 7.25 Å². The standard InChI is InChI=1S/C17H24NS.BF4/c1-11(2)15-8-7-9-16(12(3)4)17(15)18-10-19-14(6)13(18)5;2-1(3,4)5/h7-12H,1-6H3;/q+1;-1. The number of aryl methyl sites for hydroxylation is 1. The lowest BCUT2D eigenvalue weighted by Gasteiger charge is -2.14. The Morgan fingerprint density at radius 1 is 0.917 bits per heavy atom. The zero-order valence-electron chi connectivity index (χ0n) is 14.9. The van der Waals surface area contributed by atoms with Crippen LogP contribution in [0.2, 0.25) is 0 Å². The lowest BCUT2D eigenvalue weighted by atomic mass is 9.92. The van der Waals surface area contributed by atoms with Crippen molar-refractivity contribution in [2.45, 2.75) is 53.4 Å². The second-order valence-electron chi connectivity index (χ2n) is 6.32. The molecule has 1 aromatic carbocycles. The predicted molar refractivity (Wildman–Crippen MR) is 93.7 cm³/mol. The first kappa shape index (κ1) is 20.7. The quantitative estimate of drug-likeness (QED) is 0.349. The van der Waals surface area contributed by atoms with Crippen molar-refractivity contribution in [3.8, 4) is 5.69 Å². The first-order chi connectivity index (χ1) is 10.9. The van der Waals surface area contributed by atoms with Crippen LogP contribution in [0.25, 0.3) is 5.69 Å². The molecule has 0 spiro atoms. The Kier molecular flexibility index (Phi) is 7.02. The predicted octanol–water partition coefficient (Wildman–Crippen LogP) is 6.19. The molecule has 1 heterocycles. The van der Waals surface area contributed by atoms with Crippen molar-refractivity contribution >= 4 is 18.6 Å². The zero-order valence-corrected chi connectivity index (χ0v) is 15.7. The molecule has 0 amide bonds. The molecule has 134 valence electrons. The first-order valence-corrected chi connectivity index (χ1v) is 8.78. The third-order valence-electron chi connectivity index (χ3n) is 3.79. The lowest BCUT2D eigenvalue weighted by Crippen LogP contribution is -2.34. The van der Waals surface area contributed by atoms with Gasteiger partial charge in [-0.1, -0.05) is 57.2 Å². The molecule has 7 heteroatoms. The van der Waals surface area contributed by atoms with Crippen LogP contribution < -0.4 is 4.57 Å². The molecule has 0 fully saturated rings. The summed E-state index contributed by atoms with van der Waals surface area (Å²) >= 11 is 1.83. The van der Waals surface area contributed by atoms with E-state index >= 15 is 0 Å². The molecule has 0 unspecified atom stereocenters. The van der Waals surface area contributed by atoms with Crippen molar-refractivity contribution < 1.29 is 21.8 Å². The van der Waals surface area contributed by atoms with E-state index in [1.165, 1.54) is 27.4 Å². The molecule has 24 heavy (non-hydrogen) atoms. The molecule has 0 aliphatic heterocycles. The molecule has 1 nitrogen and oxygen atoms in total. The van der Waals surface area contributed by atoms with E-state index in [1.807, 2.05) is 11.3 Å². The Hall–Kier alpha value is -1.37. The van der Waals surface area contributed by atoms with Gasteiger partial charge in [-0.15, -0.1) is 0 Å². The van der Waals surface area contributed by atoms with Crippen LogP contribution in [0, 0.1) is 13.8 Å². The Labute approximate surface area is 145 Å². The van der Waals surface area contributed by atoms with Crippen LogP contribution in [0.4, 0.5) is 17.3 Å². The number of benzene rings is 1. The Balaban J connectivity index is 0.000000505. The second kappa shape index (κ2) is 8.14. The van der Waals surface area contributed by atoms with Gasteiger partial charge < -0.3 is 17.3 Å². The maximum Gasteiger partial charge on any atom is 0.673 e. The van der Waals surface area contributed by atoms with Gasteiger partial charge in [0.25, 0.3) is 0 Å². The fourth-order valence-corrected chi connectivity index (χ4v) is 3.27. The van der Waals surface area contributed by atoms with E-state index in [9.17, 15) is 17.3 Å². The minimum absolute atomic E-state index is 0.542. The molecule has 0 atom stereocenters. The summed E-state index contributed by atoms with van der Waals surface area (Å²) in [6.07, 6.45) is 0. The monoisotopic (exact) mass is 361 g/mol. The number of thiazole rings is 1. The molecule has 1 aromatic heterocycles. The van der Waals surface area contributed by atoms with Crippen molar-refractivity contribution in [3.63, 3.8) is 0 Å². The Morgan fingerprint density at radius 3 is 1.62 bits per heavy atom. The van der Waals surface area contributed by atoms with Crippen molar-refractivity contribution in [2.75, 3.05) is 0 Å². The van der Waals surface area contributed by atoms with E-state index in [2.05, 4.69) is 69.8 Å². The van der Waals surface area contributed by atoms with Crippen LogP contribution in [-0.4, -0.2) is 7.25 Å². The van der Waals surface area contributed by atoms with Gasteiger partial charge in [0.05, 0.1) is 4.88 Å². The van der Waals surface area contributed by atoms with Crippen LogP contribution in [0.1, 0.15) is 61.2 Å². The minimum atomic E-state index is -6.00. The summed E-state index contributed by atoms with van der Waals surface area (Å²) in [4.78, 5) is 1.40. The maximum atomic E-state index is 9.75. The highest BCUT2D eigenvalue weighted by Crippen LogP contribution is 2.29. The van der Waals surface area contributed by atoms with Gasteiger partial charge in [-0.25, -0.2) is 0 Å². The summed E-state index contributed by atoms with van der Waals surface area (Å²) in [6, 6.07) is 6.74. The molecular formula is C17H24BF4NS. The van der Waals surface area contributed by atoms with Gasteiger partial charge in [0.1, 0.15) is 0 Å². The summed E-state index contributed by atoms with van der Waals surface area (Å²) in [6.45, 7) is 13.5. The molecule has 0 saturated carbocycles. The first-order valence-electron chi connectivity index (χ1n) is 7.90. The number of halogens is 4. The summed E-state index contributed by atoms with van der Waals surface area (Å²) in [5.41, 5.74) is 7.89. The number of para-hydroxylation sites is 1. The lowest BCUT2D eigenvalue weighted by molar-refractivity contribution is -0.598. The largest absolute Gasteiger partial charge is 0.673 e. The molecule has 0 aliphatic rings. The Bertz CT molecular complexity index is 645. The zero-order chi connectivity index (χ0) is 18.7. The van der Waals surface area contributed by atoms with E-state index in [-0.39, 0.29) is 0 Å². The average Bonchev–Trinajstić information content (AvgIpc) is 2.76. The molecular weight excluding hydrogens is 337 g/mol. The second-order valence-corrected chi connectivity index (χ2v) is 7.38. The minimum Gasteiger partial charge on any atom is -0.418 e. The van der Waals surface area contributed by atoms with Crippen LogP contribution in [0.3, 0.4) is 0 Å². The van der Waals surface area contributed by atoms with Gasteiger partial charge in [0, 0.05) is 18.1 Å². The highest BCUT2D eigenvalue weighted by molar-refractivity contribution is 7.09. The van der Waals surface area contributed by atoms with Crippen LogP contribution in [0.15, 0.2) is 23.7 Å². The summed E-state index contributed by atoms with van der Waals surface area (Å²) < 4.78 is 41.4. The smallest absolute Gasteiger partial charge is 0.418 e.